The Morgan fingerprint density at radius 2 is 1.53 bits per heavy atom. The smallest absolute Gasteiger partial charge is 0.264 e. The highest BCUT2D eigenvalue weighted by atomic mass is 32.2. The average Bonchev–Trinajstić information content (AvgIpc) is 2.89. The summed E-state index contributed by atoms with van der Waals surface area (Å²) in [7, 11) is -4.11. The van der Waals surface area contributed by atoms with Gasteiger partial charge in [0, 0.05) is 12.6 Å². The zero-order valence-electron chi connectivity index (χ0n) is 22.1. The zero-order chi connectivity index (χ0) is 27.9. The summed E-state index contributed by atoms with van der Waals surface area (Å²) in [4.78, 5) is 28.4. The van der Waals surface area contributed by atoms with Gasteiger partial charge in [-0.25, -0.2) is 12.8 Å². The van der Waals surface area contributed by atoms with Gasteiger partial charge in [-0.2, -0.15) is 0 Å². The Labute approximate surface area is 224 Å². The van der Waals surface area contributed by atoms with Gasteiger partial charge < -0.3 is 10.2 Å². The molecule has 38 heavy (non-hydrogen) atoms. The van der Waals surface area contributed by atoms with Crippen LogP contribution in [0.25, 0.3) is 0 Å². The van der Waals surface area contributed by atoms with Crippen LogP contribution in [-0.4, -0.2) is 43.8 Å². The molecular weight excluding hydrogens is 505 g/mol. The van der Waals surface area contributed by atoms with Crippen LogP contribution in [0.1, 0.15) is 38.3 Å². The number of aryl methyl sites for hydroxylation is 1. The van der Waals surface area contributed by atoms with E-state index in [1.807, 2.05) is 20.8 Å². The number of hydrogen-bond acceptors (Lipinski definition) is 4. The number of nitrogens with one attached hydrogen (secondary N) is 1. The van der Waals surface area contributed by atoms with Crippen molar-refractivity contribution in [3.63, 3.8) is 0 Å². The van der Waals surface area contributed by atoms with Crippen LogP contribution < -0.4 is 9.62 Å². The molecule has 3 aromatic rings. The Hall–Kier alpha value is -3.72. The quantitative estimate of drug-likeness (QED) is 0.384. The maximum Gasteiger partial charge on any atom is 0.264 e. The number of sulfonamides is 1. The molecule has 202 valence electrons. The standard InChI is InChI=1S/C29H34FN3O4S/c1-5-27(29(35)31-21(2)3)32(19-23-13-15-24(30)16-14-23)28(34)20-33(25-17-11-22(4)12-18-25)38(36,37)26-9-7-6-8-10-26/h6-18,21,27H,5,19-20H2,1-4H3,(H,31,35)/t27-/m1/s1. The molecule has 0 aromatic heterocycles. The normalized spacial score (nSPS) is 12.2. The van der Waals surface area contributed by atoms with Gasteiger partial charge in [0.2, 0.25) is 11.8 Å². The Morgan fingerprint density at radius 1 is 0.921 bits per heavy atom. The Bertz CT molecular complexity index is 1330. The van der Waals surface area contributed by atoms with Crippen LogP contribution in [0.2, 0.25) is 0 Å². The van der Waals surface area contributed by atoms with Crippen molar-refractivity contribution in [1.29, 1.82) is 0 Å². The average molecular weight is 540 g/mol. The molecule has 0 saturated carbocycles. The summed E-state index contributed by atoms with van der Waals surface area (Å²) in [6, 6.07) is 19.4. The number of carbonyl (C=O) groups excluding carboxylic acids is 2. The third kappa shape index (κ3) is 7.19. The molecule has 0 unspecified atom stereocenters. The lowest BCUT2D eigenvalue weighted by Crippen LogP contribution is -2.53. The van der Waals surface area contributed by atoms with Crippen LogP contribution in [0.3, 0.4) is 0 Å². The molecule has 0 bridgehead atoms. The molecule has 0 radical (unpaired) electrons. The first kappa shape index (κ1) is 28.8. The summed E-state index contributed by atoms with van der Waals surface area (Å²) in [6.07, 6.45) is 0.307. The number of halogens is 1. The van der Waals surface area contributed by atoms with Crippen molar-refractivity contribution in [3.05, 3.63) is 95.8 Å². The molecule has 0 spiro atoms. The molecule has 7 nitrogen and oxygen atoms in total. The minimum atomic E-state index is -4.11. The van der Waals surface area contributed by atoms with Gasteiger partial charge >= 0.3 is 0 Å². The van der Waals surface area contributed by atoms with E-state index in [1.165, 1.54) is 29.2 Å². The Morgan fingerprint density at radius 3 is 2.08 bits per heavy atom. The summed E-state index contributed by atoms with van der Waals surface area (Å²) in [5, 5.41) is 2.85. The number of amides is 2. The summed E-state index contributed by atoms with van der Waals surface area (Å²) >= 11 is 0. The highest BCUT2D eigenvalue weighted by Crippen LogP contribution is 2.25. The van der Waals surface area contributed by atoms with Crippen LogP contribution in [0.4, 0.5) is 10.1 Å². The van der Waals surface area contributed by atoms with Gasteiger partial charge in [-0.1, -0.05) is 55.0 Å². The summed E-state index contributed by atoms with van der Waals surface area (Å²) in [6.45, 7) is 6.80. The van der Waals surface area contributed by atoms with Crippen LogP contribution in [0, 0.1) is 12.7 Å². The maximum atomic E-state index is 13.9. The third-order valence-corrected chi connectivity index (χ3v) is 7.80. The van der Waals surface area contributed by atoms with E-state index in [2.05, 4.69) is 5.32 Å². The fourth-order valence-corrected chi connectivity index (χ4v) is 5.48. The highest BCUT2D eigenvalue weighted by Gasteiger charge is 2.33. The minimum Gasteiger partial charge on any atom is -0.352 e. The van der Waals surface area contributed by atoms with Crippen LogP contribution >= 0.6 is 0 Å². The number of nitrogens with zero attached hydrogens (tertiary/aromatic N) is 2. The van der Waals surface area contributed by atoms with Crippen molar-refractivity contribution in [1.82, 2.24) is 10.2 Å². The molecule has 0 fully saturated rings. The first-order valence-corrected chi connectivity index (χ1v) is 14.0. The van der Waals surface area contributed by atoms with E-state index in [1.54, 1.807) is 61.5 Å². The largest absolute Gasteiger partial charge is 0.352 e. The molecule has 9 heteroatoms. The number of carbonyl (C=O) groups is 2. The van der Waals surface area contributed by atoms with Gasteiger partial charge in [-0.15, -0.1) is 0 Å². The molecule has 2 amide bonds. The summed E-state index contributed by atoms with van der Waals surface area (Å²) in [5.74, 6) is -1.32. The molecular formula is C29H34FN3O4S. The lowest BCUT2D eigenvalue weighted by molar-refractivity contribution is -0.140. The van der Waals surface area contributed by atoms with Crippen molar-refractivity contribution in [2.24, 2.45) is 0 Å². The monoisotopic (exact) mass is 539 g/mol. The Balaban J connectivity index is 2.04. The van der Waals surface area contributed by atoms with E-state index in [0.717, 1.165) is 9.87 Å². The van der Waals surface area contributed by atoms with Crippen molar-refractivity contribution in [3.8, 4) is 0 Å². The van der Waals surface area contributed by atoms with Crippen LogP contribution in [0.15, 0.2) is 83.8 Å². The zero-order valence-corrected chi connectivity index (χ0v) is 22.9. The number of benzene rings is 3. The fraction of sp³-hybridized carbons (Fsp3) is 0.310. The molecule has 3 aromatic carbocycles. The molecule has 0 aliphatic carbocycles. The maximum absolute atomic E-state index is 13.9. The van der Waals surface area contributed by atoms with E-state index in [0.29, 0.717) is 17.7 Å². The molecule has 1 atom stereocenters. The van der Waals surface area contributed by atoms with E-state index in [-0.39, 0.29) is 23.4 Å². The lowest BCUT2D eigenvalue weighted by Gasteiger charge is -2.33. The molecule has 3 rings (SSSR count). The molecule has 0 saturated heterocycles. The first-order chi connectivity index (χ1) is 18.0. The van der Waals surface area contributed by atoms with Gasteiger partial charge in [0.05, 0.1) is 10.6 Å². The van der Waals surface area contributed by atoms with Gasteiger partial charge in [0.1, 0.15) is 18.4 Å². The van der Waals surface area contributed by atoms with Crippen LogP contribution in [-0.2, 0) is 26.2 Å². The van der Waals surface area contributed by atoms with Crippen LogP contribution in [0.5, 0.6) is 0 Å². The highest BCUT2D eigenvalue weighted by molar-refractivity contribution is 7.92. The van der Waals surface area contributed by atoms with Gasteiger partial charge in [0.25, 0.3) is 10.0 Å². The first-order valence-electron chi connectivity index (χ1n) is 12.5. The predicted molar refractivity (Wildman–Crippen MR) is 146 cm³/mol. The second-order valence-electron chi connectivity index (χ2n) is 9.40. The van der Waals surface area contributed by atoms with Gasteiger partial charge in [0.15, 0.2) is 0 Å². The minimum absolute atomic E-state index is 0.0102. The second kappa shape index (κ2) is 12.7. The third-order valence-electron chi connectivity index (χ3n) is 6.02. The molecule has 1 N–H and O–H groups in total. The molecule has 0 heterocycles. The van der Waals surface area contributed by atoms with Crippen molar-refractivity contribution < 1.29 is 22.4 Å². The topological polar surface area (TPSA) is 86.8 Å². The number of hydrogen-bond donors (Lipinski definition) is 1. The van der Waals surface area contributed by atoms with E-state index < -0.39 is 34.3 Å². The summed E-state index contributed by atoms with van der Waals surface area (Å²) < 4.78 is 42.1. The molecule has 0 aliphatic rings. The predicted octanol–water partition coefficient (Wildman–Crippen LogP) is 4.66. The van der Waals surface area contributed by atoms with E-state index in [9.17, 15) is 22.4 Å². The summed E-state index contributed by atoms with van der Waals surface area (Å²) in [5.41, 5.74) is 1.88. The van der Waals surface area contributed by atoms with Gasteiger partial charge in [-0.05, 0) is 69.2 Å². The van der Waals surface area contributed by atoms with Crippen molar-refractivity contribution in [2.75, 3.05) is 10.8 Å². The fourth-order valence-electron chi connectivity index (χ4n) is 4.05. The number of anilines is 1. The second-order valence-corrected chi connectivity index (χ2v) is 11.3. The van der Waals surface area contributed by atoms with E-state index >= 15 is 0 Å². The van der Waals surface area contributed by atoms with Crippen molar-refractivity contribution >= 4 is 27.5 Å². The molecule has 0 aliphatic heterocycles. The van der Waals surface area contributed by atoms with Gasteiger partial charge in [-0.3, -0.25) is 13.9 Å². The SMILES string of the molecule is CC[C@H](C(=O)NC(C)C)N(Cc1ccc(F)cc1)C(=O)CN(c1ccc(C)cc1)S(=O)(=O)c1ccccc1. The van der Waals surface area contributed by atoms with E-state index in [4.69, 9.17) is 0 Å². The van der Waals surface area contributed by atoms with Crippen molar-refractivity contribution in [2.45, 2.75) is 57.6 Å². The Kier molecular flexibility index (Phi) is 9.63. The lowest BCUT2D eigenvalue weighted by atomic mass is 10.1. The number of rotatable bonds is 11.